The van der Waals surface area contributed by atoms with Crippen molar-refractivity contribution in [1.82, 2.24) is 77.1 Å². The third-order valence-electron chi connectivity index (χ3n) is 15.3. The summed E-state index contributed by atoms with van der Waals surface area (Å²) in [6.07, 6.45) is 0.770. The van der Waals surface area contributed by atoms with Crippen LogP contribution in [0.2, 0.25) is 0 Å². The molecular formula is C62H109B4N15O20. The van der Waals surface area contributed by atoms with Crippen molar-refractivity contribution in [1.29, 1.82) is 0 Å². The lowest BCUT2D eigenvalue weighted by atomic mass is 9.90. The van der Waals surface area contributed by atoms with E-state index in [1.165, 1.54) is 52.2 Å². The van der Waals surface area contributed by atoms with Gasteiger partial charge in [0.25, 0.3) is 0 Å². The van der Waals surface area contributed by atoms with Crippen LogP contribution >= 0.6 is 0 Å². The third kappa shape index (κ3) is 42.1. The first-order valence-corrected chi connectivity index (χ1v) is 34.0. The highest BCUT2D eigenvalue weighted by atomic mass is 16.6. The number of nitrogens with one attached hydrogen (secondary N) is 8. The van der Waals surface area contributed by atoms with E-state index >= 15 is 0 Å². The first kappa shape index (κ1) is 89.0. The highest BCUT2D eigenvalue weighted by molar-refractivity contribution is 6.57. The molecule has 0 saturated carbocycles. The number of hydrogen-bond acceptors (Lipinski definition) is 27. The van der Waals surface area contributed by atoms with Gasteiger partial charge in [-0.15, -0.1) is 5.10 Å². The van der Waals surface area contributed by atoms with Gasteiger partial charge in [0.05, 0.1) is 12.8 Å². The summed E-state index contributed by atoms with van der Waals surface area (Å²) in [6, 6.07) is 8.85. The van der Waals surface area contributed by atoms with Gasteiger partial charge in [-0.05, 0) is 158 Å². The van der Waals surface area contributed by atoms with Gasteiger partial charge in [0.1, 0.15) is 68.2 Å². The molecule has 0 aliphatic rings. The van der Waals surface area contributed by atoms with Crippen LogP contribution in [-0.4, -0.2) is 316 Å². The molecule has 1 aromatic heterocycles. The summed E-state index contributed by atoms with van der Waals surface area (Å²) in [5, 5.41) is 40.4. The molecule has 35 nitrogen and oxygen atoms in total. The first-order chi connectivity index (χ1) is 47.9. The average molecular weight is 1430 g/mol. The van der Waals surface area contributed by atoms with Gasteiger partial charge in [-0.3, -0.25) is 38.9 Å². The van der Waals surface area contributed by atoms with E-state index in [-0.39, 0.29) is 61.7 Å². The molecule has 39 heteroatoms. The van der Waals surface area contributed by atoms with Crippen LogP contribution in [0.4, 0.5) is 38.4 Å². The summed E-state index contributed by atoms with van der Waals surface area (Å²) in [5.74, 6) is -3.92. The van der Waals surface area contributed by atoms with Gasteiger partial charge < -0.3 is 99.8 Å². The van der Waals surface area contributed by atoms with E-state index in [4.69, 9.17) is 37.9 Å². The Labute approximate surface area is 596 Å². The fourth-order valence-corrected chi connectivity index (χ4v) is 9.07. The molecule has 0 bridgehead atoms. The van der Waals surface area contributed by atoms with E-state index in [1.54, 1.807) is 30.3 Å². The minimum atomic E-state index is -2.13. The SMILES string of the molecule is BC(=O)NCCCN(C)CCCNC(=O)OCC(C)(COC(=O)NCCCN(C)CCCNC(B)=O)C(=O)OCC(C)(COC(=O)C(C)(COC(=O)NCCCN(C)CCCNC(B)=O)COC(O)NCCCN(C)CCCNC(B)=O)C(=O)OCc1cn(C(=O)OCc2ccccc2)nn1. The Hall–Kier alpha value is -8.09. The van der Waals surface area contributed by atoms with Crippen LogP contribution in [0.15, 0.2) is 36.5 Å². The van der Waals surface area contributed by atoms with Gasteiger partial charge in [0, 0.05) is 52.4 Å². The molecule has 0 saturated heterocycles. The van der Waals surface area contributed by atoms with Gasteiger partial charge in [-0.1, -0.05) is 35.5 Å². The van der Waals surface area contributed by atoms with E-state index < -0.39 is 111 Å². The van der Waals surface area contributed by atoms with Crippen LogP contribution in [-0.2, 0) is 65.5 Å². The van der Waals surface area contributed by atoms with Crippen LogP contribution in [0.25, 0.3) is 0 Å². The Morgan fingerprint density at radius 3 is 1.11 bits per heavy atom. The summed E-state index contributed by atoms with van der Waals surface area (Å²) < 4.78 is 45.9. The molecule has 564 valence electrons. The van der Waals surface area contributed by atoms with Crippen LogP contribution in [0, 0.1) is 16.2 Å². The lowest BCUT2D eigenvalue weighted by Crippen LogP contribution is -2.47. The maximum absolute atomic E-state index is 14.6. The van der Waals surface area contributed by atoms with Crippen molar-refractivity contribution >= 4 is 96.9 Å². The van der Waals surface area contributed by atoms with Gasteiger partial charge in [0.15, 0.2) is 23.2 Å². The highest BCUT2D eigenvalue weighted by Gasteiger charge is 2.46. The zero-order valence-electron chi connectivity index (χ0n) is 61.0. The number of aliphatic hydroxyl groups is 1. The first-order valence-electron chi connectivity index (χ1n) is 34.0. The van der Waals surface area contributed by atoms with Gasteiger partial charge >= 0.3 is 42.3 Å². The van der Waals surface area contributed by atoms with E-state index in [1.807, 2.05) is 47.8 Å². The summed E-state index contributed by atoms with van der Waals surface area (Å²) in [7, 11) is 13.3. The molecule has 0 spiro atoms. The predicted molar refractivity (Wildman–Crippen MR) is 381 cm³/mol. The minimum Gasteiger partial charge on any atom is -0.464 e. The molecule has 1 aromatic carbocycles. The number of benzene rings is 1. The average Bonchev–Trinajstić information content (AvgIpc) is 0.971. The number of amides is 7. The fraction of sp³-hybridized carbons (Fsp3) is 0.694. The number of esters is 3. The van der Waals surface area contributed by atoms with Crippen molar-refractivity contribution in [2.24, 2.45) is 16.2 Å². The van der Waals surface area contributed by atoms with Gasteiger partial charge in [0.2, 0.25) is 37.8 Å². The zero-order valence-corrected chi connectivity index (χ0v) is 61.0. The summed E-state index contributed by atoms with van der Waals surface area (Å²) in [6.45, 7) is 6.48. The quantitative estimate of drug-likeness (QED) is 0.0113. The molecule has 0 aliphatic carbocycles. The van der Waals surface area contributed by atoms with Crippen molar-refractivity contribution in [2.45, 2.75) is 91.8 Å². The number of nitrogens with zero attached hydrogens (tertiary/aromatic N) is 7. The molecule has 0 aliphatic heterocycles. The third-order valence-corrected chi connectivity index (χ3v) is 15.3. The maximum atomic E-state index is 14.6. The minimum absolute atomic E-state index is 0.0371. The van der Waals surface area contributed by atoms with Crippen LogP contribution in [0.1, 0.15) is 83.4 Å². The fourth-order valence-electron chi connectivity index (χ4n) is 9.07. The van der Waals surface area contributed by atoms with Crippen molar-refractivity contribution in [2.75, 3.05) is 173 Å². The number of aliphatic hydroxyl groups excluding tert-OH is 1. The molecule has 1 heterocycles. The van der Waals surface area contributed by atoms with Crippen LogP contribution < -0.4 is 42.5 Å². The van der Waals surface area contributed by atoms with Gasteiger partial charge in [-0.25, -0.2) is 19.2 Å². The summed E-state index contributed by atoms with van der Waals surface area (Å²) in [5.41, 5.74) is -5.35. The number of aromatic nitrogens is 3. The summed E-state index contributed by atoms with van der Waals surface area (Å²) >= 11 is 0. The molecule has 3 unspecified atom stereocenters. The lowest BCUT2D eigenvalue weighted by Gasteiger charge is -2.32. The lowest BCUT2D eigenvalue weighted by molar-refractivity contribution is -0.186. The van der Waals surface area contributed by atoms with E-state index in [0.29, 0.717) is 129 Å². The number of carbonyl (C=O) groups excluding carboxylic acids is 11. The predicted octanol–water partition coefficient (Wildman–Crippen LogP) is -2.11. The Kier molecular flexibility index (Phi) is 44.3. The number of rotatable bonds is 53. The molecule has 0 fully saturated rings. The second-order valence-electron chi connectivity index (χ2n) is 25.7. The number of alkyl carbamates (subject to hydrolysis) is 3. The van der Waals surface area contributed by atoms with Crippen molar-refractivity contribution in [3.05, 3.63) is 47.8 Å². The molecule has 3 atom stereocenters. The Morgan fingerprint density at radius 2 is 0.752 bits per heavy atom. The Morgan fingerprint density at radius 1 is 0.436 bits per heavy atom. The van der Waals surface area contributed by atoms with Crippen molar-refractivity contribution in [3.63, 3.8) is 0 Å². The molecule has 2 rings (SSSR count). The van der Waals surface area contributed by atoms with Crippen molar-refractivity contribution in [3.8, 4) is 0 Å². The monoisotopic (exact) mass is 1430 g/mol. The number of carbonyl (C=O) groups is 11. The molecule has 0 radical (unpaired) electrons. The molecule has 9 N–H and O–H groups in total. The smallest absolute Gasteiger partial charge is 0.436 e. The zero-order chi connectivity index (χ0) is 75.1. The maximum Gasteiger partial charge on any atom is 0.436 e. The van der Waals surface area contributed by atoms with Crippen molar-refractivity contribution < 1.29 is 95.7 Å². The number of hydrogen-bond donors (Lipinski definition) is 9. The second-order valence-corrected chi connectivity index (χ2v) is 25.7. The van der Waals surface area contributed by atoms with E-state index in [2.05, 4.69) is 52.8 Å². The Balaban J connectivity index is 2.45. The topological polar surface area (TPSA) is 422 Å². The van der Waals surface area contributed by atoms with Crippen LogP contribution in [0.3, 0.4) is 0 Å². The van der Waals surface area contributed by atoms with E-state index in [0.717, 1.165) is 17.3 Å². The highest BCUT2D eigenvalue weighted by Crippen LogP contribution is 2.28. The summed E-state index contributed by atoms with van der Waals surface area (Å²) in [4.78, 5) is 149. The standard InChI is InChI=1S/C62H109B4N15O20/c1-60(48(82)94-39-47-37-81(76-75-47)59(93)95-38-46-19-9-8-10-20-46,40-96-49(83)61(2,42-98-55(89)71-25-15-33-77(4)29-11-21-67-51(63)85)43-99-56(90)72-26-16-34-78(5)30-12-22-68-52(64)86)41-97-50(84)62(3,44-100-57(91)73-27-17-35-79(6)31-13-23-69-53(65)87)45-101-58(92)74-28-18-36-80(7)32-14-24-70-54(66)88/h8-10,19-20,37,55,71,89H,11-18,21-36,38-45,63-66H2,1-7H3,(H,67,85)(H,68,86)(H,69,87)(H,70,88)(H,72,90)(H,73,91)(H,74,92). The van der Waals surface area contributed by atoms with E-state index in [9.17, 15) is 57.8 Å². The molecule has 101 heavy (non-hydrogen) atoms. The normalized spacial score (nSPS) is 12.8. The largest absolute Gasteiger partial charge is 0.464 e. The Bertz CT molecular complexity index is 2790. The second kappa shape index (κ2) is 50.3. The van der Waals surface area contributed by atoms with Crippen LogP contribution in [0.5, 0.6) is 0 Å². The number of ether oxygens (including phenoxy) is 8. The molecule has 2 aromatic rings. The molecule has 7 amide bonds. The molecular weight excluding hydrogens is 1320 g/mol. The van der Waals surface area contributed by atoms with Gasteiger partial charge in [-0.2, -0.15) is 4.68 Å².